The van der Waals surface area contributed by atoms with E-state index in [1.165, 1.54) is 7.11 Å². The number of hydrogen-bond donors (Lipinski definition) is 1. The van der Waals surface area contributed by atoms with Gasteiger partial charge in [-0.3, -0.25) is 4.79 Å². The van der Waals surface area contributed by atoms with Crippen LogP contribution in [0.2, 0.25) is 0 Å². The van der Waals surface area contributed by atoms with Crippen molar-refractivity contribution < 1.29 is 19.0 Å². The first-order valence-electron chi connectivity index (χ1n) is 5.20. The number of carboxylic acids is 1. The molecule has 0 atom stereocenters. The Bertz CT molecular complexity index is 495. The number of carbonyl (C=O) groups is 1. The van der Waals surface area contributed by atoms with Crippen LogP contribution in [0.5, 0.6) is 5.75 Å². The lowest BCUT2D eigenvalue weighted by Crippen LogP contribution is -2.22. The van der Waals surface area contributed by atoms with Crippen LogP contribution in [0.25, 0.3) is 0 Å². The Balaban J connectivity index is 2.71. The quantitative estimate of drug-likeness (QED) is 0.933. The first-order chi connectivity index (χ1) is 7.94. The van der Waals surface area contributed by atoms with E-state index in [-0.39, 0.29) is 10.0 Å². The van der Waals surface area contributed by atoms with Crippen LogP contribution < -0.4 is 4.74 Å². The van der Waals surface area contributed by atoms with Gasteiger partial charge in [-0.25, -0.2) is 4.39 Å². The zero-order valence-electron chi connectivity index (χ0n) is 9.51. The van der Waals surface area contributed by atoms with E-state index >= 15 is 0 Å². The first-order valence-corrected chi connectivity index (χ1v) is 6.00. The van der Waals surface area contributed by atoms with Crippen LogP contribution in [0.15, 0.2) is 10.5 Å². The Morgan fingerprint density at radius 3 is 2.59 bits per heavy atom. The molecule has 0 saturated heterocycles. The van der Waals surface area contributed by atoms with Crippen molar-refractivity contribution in [1.82, 2.24) is 0 Å². The van der Waals surface area contributed by atoms with Crippen LogP contribution in [0.3, 0.4) is 0 Å². The molecule has 0 spiro atoms. The summed E-state index contributed by atoms with van der Waals surface area (Å²) in [6.45, 7) is 1.77. The molecule has 1 aromatic rings. The summed E-state index contributed by atoms with van der Waals surface area (Å²) in [6.07, 6.45) is 0.900. The predicted molar refractivity (Wildman–Crippen MR) is 63.9 cm³/mol. The number of aliphatic carboxylic acids is 1. The number of methoxy groups -OCH3 is 1. The van der Waals surface area contributed by atoms with Crippen LogP contribution in [0.4, 0.5) is 4.39 Å². The second-order valence-electron chi connectivity index (χ2n) is 4.28. The average molecular weight is 303 g/mol. The predicted octanol–water partition coefficient (Wildman–Crippen LogP) is 3.02. The molecule has 0 bridgehead atoms. The molecule has 1 aliphatic carbocycles. The van der Waals surface area contributed by atoms with Crippen molar-refractivity contribution in [1.29, 1.82) is 0 Å². The van der Waals surface area contributed by atoms with Crippen LogP contribution in [0.1, 0.15) is 24.0 Å². The molecule has 1 fully saturated rings. The molecule has 0 aliphatic heterocycles. The Labute approximate surface area is 107 Å². The van der Waals surface area contributed by atoms with E-state index in [0.717, 1.165) is 5.56 Å². The van der Waals surface area contributed by atoms with E-state index in [0.29, 0.717) is 18.6 Å². The van der Waals surface area contributed by atoms with Gasteiger partial charge in [0.25, 0.3) is 0 Å². The first kappa shape index (κ1) is 12.4. The van der Waals surface area contributed by atoms with Gasteiger partial charge in [-0.15, -0.1) is 0 Å². The molecular weight excluding hydrogens is 291 g/mol. The molecule has 3 nitrogen and oxygen atoms in total. The zero-order valence-corrected chi connectivity index (χ0v) is 11.1. The maximum atomic E-state index is 14.1. The van der Waals surface area contributed by atoms with Crippen molar-refractivity contribution in [2.75, 3.05) is 7.11 Å². The van der Waals surface area contributed by atoms with Gasteiger partial charge in [0.1, 0.15) is 11.6 Å². The molecule has 1 aliphatic rings. The van der Waals surface area contributed by atoms with Gasteiger partial charge >= 0.3 is 5.97 Å². The average Bonchev–Trinajstić information content (AvgIpc) is 3.04. The molecule has 0 amide bonds. The highest BCUT2D eigenvalue weighted by Crippen LogP contribution is 2.54. The largest absolute Gasteiger partial charge is 0.496 e. The number of hydrogen-bond acceptors (Lipinski definition) is 2. The van der Waals surface area contributed by atoms with Gasteiger partial charge in [0.15, 0.2) is 0 Å². The molecule has 0 heterocycles. The second kappa shape index (κ2) is 3.98. The zero-order chi connectivity index (χ0) is 12.8. The summed E-state index contributed by atoms with van der Waals surface area (Å²) in [7, 11) is 1.43. The highest BCUT2D eigenvalue weighted by Gasteiger charge is 2.55. The summed E-state index contributed by atoms with van der Waals surface area (Å²) in [5, 5.41) is 9.25. The fourth-order valence-corrected chi connectivity index (χ4v) is 2.66. The van der Waals surface area contributed by atoms with Crippen molar-refractivity contribution in [3.63, 3.8) is 0 Å². The Hall–Kier alpha value is -1.10. The topological polar surface area (TPSA) is 46.5 Å². The Morgan fingerprint density at radius 1 is 1.59 bits per heavy atom. The van der Waals surface area contributed by atoms with E-state index in [4.69, 9.17) is 4.74 Å². The van der Waals surface area contributed by atoms with Crippen LogP contribution in [0, 0.1) is 12.7 Å². The molecule has 2 rings (SSSR count). The number of carboxylic acid groups (broad SMARTS) is 1. The maximum absolute atomic E-state index is 14.1. The van der Waals surface area contributed by atoms with Crippen molar-refractivity contribution in [2.24, 2.45) is 0 Å². The molecule has 1 aromatic carbocycles. The van der Waals surface area contributed by atoms with E-state index in [9.17, 15) is 14.3 Å². The van der Waals surface area contributed by atoms with Crippen molar-refractivity contribution in [3.05, 3.63) is 27.5 Å². The van der Waals surface area contributed by atoms with Gasteiger partial charge in [-0.2, -0.15) is 0 Å². The minimum absolute atomic E-state index is 0.166. The minimum Gasteiger partial charge on any atom is -0.496 e. The summed E-state index contributed by atoms with van der Waals surface area (Å²) in [5.74, 6) is -1.19. The van der Waals surface area contributed by atoms with Crippen LogP contribution in [-0.2, 0) is 10.2 Å². The van der Waals surface area contributed by atoms with E-state index in [2.05, 4.69) is 15.9 Å². The third kappa shape index (κ3) is 1.73. The molecule has 1 saturated carbocycles. The van der Waals surface area contributed by atoms with Crippen LogP contribution in [-0.4, -0.2) is 18.2 Å². The molecule has 0 radical (unpaired) electrons. The lowest BCUT2D eigenvalue weighted by Gasteiger charge is -2.18. The molecule has 0 unspecified atom stereocenters. The molecule has 0 aromatic heterocycles. The van der Waals surface area contributed by atoms with Gasteiger partial charge in [-0.1, -0.05) is 0 Å². The number of halogens is 2. The molecule has 92 valence electrons. The van der Waals surface area contributed by atoms with E-state index in [1.54, 1.807) is 13.0 Å². The maximum Gasteiger partial charge on any atom is 0.314 e. The Kier molecular flexibility index (Phi) is 2.89. The van der Waals surface area contributed by atoms with E-state index < -0.39 is 17.2 Å². The molecular formula is C12H12BrFO3. The smallest absolute Gasteiger partial charge is 0.314 e. The molecule has 5 heteroatoms. The summed E-state index contributed by atoms with van der Waals surface area (Å²) in [4.78, 5) is 11.3. The van der Waals surface area contributed by atoms with Gasteiger partial charge in [0.2, 0.25) is 0 Å². The Morgan fingerprint density at radius 2 is 2.18 bits per heavy atom. The number of ether oxygens (including phenoxy) is 1. The van der Waals surface area contributed by atoms with Crippen molar-refractivity contribution in [3.8, 4) is 5.75 Å². The summed E-state index contributed by atoms with van der Waals surface area (Å²) in [5.41, 5.74) is -0.216. The summed E-state index contributed by atoms with van der Waals surface area (Å²) < 4.78 is 19.6. The van der Waals surface area contributed by atoms with Gasteiger partial charge in [0.05, 0.1) is 17.0 Å². The third-order valence-corrected chi connectivity index (χ3v) is 3.78. The number of aryl methyl sites for hydroxylation is 1. The highest BCUT2D eigenvalue weighted by atomic mass is 79.9. The summed E-state index contributed by atoms with van der Waals surface area (Å²) in [6, 6.07) is 1.59. The monoisotopic (exact) mass is 302 g/mol. The molecule has 1 N–H and O–H groups in total. The van der Waals surface area contributed by atoms with Crippen molar-refractivity contribution in [2.45, 2.75) is 25.2 Å². The minimum atomic E-state index is -1.11. The van der Waals surface area contributed by atoms with Gasteiger partial charge < -0.3 is 9.84 Å². The highest BCUT2D eigenvalue weighted by molar-refractivity contribution is 9.10. The van der Waals surface area contributed by atoms with Crippen LogP contribution >= 0.6 is 15.9 Å². The third-order valence-electron chi connectivity index (χ3n) is 3.20. The van der Waals surface area contributed by atoms with E-state index in [1.807, 2.05) is 0 Å². The number of benzene rings is 1. The normalized spacial score (nSPS) is 16.7. The van der Waals surface area contributed by atoms with Gasteiger partial charge in [-0.05, 0) is 47.3 Å². The van der Waals surface area contributed by atoms with Crippen molar-refractivity contribution >= 4 is 21.9 Å². The fraction of sp³-hybridized carbons (Fsp3) is 0.417. The van der Waals surface area contributed by atoms with Gasteiger partial charge in [0, 0.05) is 5.56 Å². The number of rotatable bonds is 3. The lowest BCUT2D eigenvalue weighted by atomic mass is 9.92. The second-order valence-corrected chi connectivity index (χ2v) is 5.14. The fourth-order valence-electron chi connectivity index (χ4n) is 2.12. The molecule has 17 heavy (non-hydrogen) atoms. The standard InChI is InChI=1S/C12H12BrFO3/c1-6-5-7(13)9(14)8(10(6)17-2)12(3-4-12)11(15)16/h5H,3-4H2,1-2H3,(H,15,16). The lowest BCUT2D eigenvalue weighted by molar-refractivity contribution is -0.140. The summed E-state index contributed by atoms with van der Waals surface area (Å²) >= 11 is 3.11. The SMILES string of the molecule is COc1c(C)cc(Br)c(F)c1C1(C(=O)O)CC1.